The van der Waals surface area contributed by atoms with Gasteiger partial charge >= 0.3 is 5.97 Å². The molecule has 0 rings (SSSR count). The van der Waals surface area contributed by atoms with Crippen LogP contribution in [0.25, 0.3) is 0 Å². The van der Waals surface area contributed by atoms with E-state index < -0.39 is 48.7 Å². The zero-order valence-corrected chi connectivity index (χ0v) is 9.58. The van der Waals surface area contributed by atoms with E-state index in [2.05, 4.69) is 0 Å². The largest absolute Gasteiger partial charge is 0.479 e. The van der Waals surface area contributed by atoms with Crippen molar-refractivity contribution >= 4 is 5.97 Å². The molecular formula is C9H18O9. The lowest BCUT2D eigenvalue weighted by Crippen LogP contribution is -2.59. The molecule has 0 saturated carbocycles. The number of aliphatic carboxylic acids is 1. The van der Waals surface area contributed by atoms with Gasteiger partial charge in [0.15, 0.2) is 5.60 Å². The van der Waals surface area contributed by atoms with Gasteiger partial charge in [0.2, 0.25) is 0 Å². The van der Waals surface area contributed by atoms with Gasteiger partial charge in [-0.05, 0) is 6.92 Å². The Morgan fingerprint density at radius 3 is 1.83 bits per heavy atom. The van der Waals surface area contributed by atoms with Gasteiger partial charge in [-0.15, -0.1) is 0 Å². The van der Waals surface area contributed by atoms with Crippen molar-refractivity contribution in [2.24, 2.45) is 0 Å². The first-order chi connectivity index (χ1) is 8.07. The van der Waals surface area contributed by atoms with Crippen LogP contribution < -0.4 is 0 Å². The Morgan fingerprint density at radius 2 is 1.50 bits per heavy atom. The Kier molecular flexibility index (Phi) is 6.10. The molecule has 2 unspecified atom stereocenters. The summed E-state index contributed by atoms with van der Waals surface area (Å²) < 4.78 is 0. The van der Waals surface area contributed by atoms with Gasteiger partial charge in [0, 0.05) is 0 Å². The van der Waals surface area contributed by atoms with Gasteiger partial charge in [-0.1, -0.05) is 0 Å². The van der Waals surface area contributed by atoms with E-state index >= 15 is 0 Å². The Labute approximate surface area is 102 Å². The summed E-state index contributed by atoms with van der Waals surface area (Å²) in [6, 6.07) is 0. The number of carboxylic acid groups (broad SMARTS) is 1. The van der Waals surface area contributed by atoms with E-state index in [1.54, 1.807) is 0 Å². The van der Waals surface area contributed by atoms with Crippen LogP contribution in [0.3, 0.4) is 0 Å². The summed E-state index contributed by atoms with van der Waals surface area (Å²) >= 11 is 0. The first-order valence-corrected chi connectivity index (χ1v) is 5.04. The van der Waals surface area contributed by atoms with Gasteiger partial charge in [-0.25, -0.2) is 4.79 Å². The second kappa shape index (κ2) is 6.38. The Bertz CT molecular complexity index is 279. The van der Waals surface area contributed by atoms with Crippen LogP contribution >= 0.6 is 0 Å². The van der Waals surface area contributed by atoms with E-state index in [-0.39, 0.29) is 0 Å². The number of aliphatic hydroxyl groups is 7. The molecule has 0 bridgehead atoms. The molecule has 0 aliphatic carbocycles. The molecule has 0 amide bonds. The van der Waals surface area contributed by atoms with Crippen molar-refractivity contribution in [1.29, 1.82) is 0 Å². The molecule has 0 spiro atoms. The van der Waals surface area contributed by atoms with Gasteiger partial charge < -0.3 is 40.9 Å². The minimum atomic E-state index is -2.76. The van der Waals surface area contributed by atoms with Crippen molar-refractivity contribution in [3.05, 3.63) is 0 Å². The molecule has 6 atom stereocenters. The van der Waals surface area contributed by atoms with E-state index in [1.165, 1.54) is 0 Å². The van der Waals surface area contributed by atoms with E-state index in [0.717, 1.165) is 0 Å². The predicted molar refractivity (Wildman–Crippen MR) is 55.4 cm³/mol. The molecule has 18 heavy (non-hydrogen) atoms. The third-order valence-electron chi connectivity index (χ3n) is 2.61. The topological polar surface area (TPSA) is 179 Å². The van der Waals surface area contributed by atoms with Gasteiger partial charge in [0.1, 0.15) is 30.5 Å². The van der Waals surface area contributed by atoms with Gasteiger partial charge in [0.05, 0.1) is 6.61 Å². The Morgan fingerprint density at radius 1 is 1.06 bits per heavy atom. The van der Waals surface area contributed by atoms with Crippen molar-refractivity contribution in [2.45, 2.75) is 43.0 Å². The van der Waals surface area contributed by atoms with Crippen LogP contribution in [0.2, 0.25) is 0 Å². The third kappa shape index (κ3) is 3.59. The SMILES string of the molecule is CC(O)(C(=O)O)C(O)[C@H](O)[C@H](O)[C@H](O)[C@@H](O)CO. The first-order valence-electron chi connectivity index (χ1n) is 5.04. The maximum Gasteiger partial charge on any atom is 0.338 e. The molecule has 0 radical (unpaired) electrons. The molecule has 0 aliphatic rings. The fraction of sp³-hybridized carbons (Fsp3) is 0.889. The Hall–Kier alpha value is -0.810. The van der Waals surface area contributed by atoms with Crippen LogP contribution in [0.5, 0.6) is 0 Å². The van der Waals surface area contributed by atoms with Crippen molar-refractivity contribution in [2.75, 3.05) is 6.61 Å². The Balaban J connectivity index is 4.84. The molecule has 0 aromatic rings. The number of hydrogen-bond acceptors (Lipinski definition) is 8. The lowest BCUT2D eigenvalue weighted by atomic mass is 9.89. The quantitative estimate of drug-likeness (QED) is 0.227. The number of carbonyl (C=O) groups is 1. The molecule has 0 aromatic carbocycles. The van der Waals surface area contributed by atoms with Crippen LogP contribution in [0.15, 0.2) is 0 Å². The number of aliphatic hydroxyl groups excluding tert-OH is 6. The summed E-state index contributed by atoms with van der Waals surface area (Å²) in [6.07, 6.45) is -10.5. The summed E-state index contributed by atoms with van der Waals surface area (Å²) in [7, 11) is 0. The second-order valence-electron chi connectivity index (χ2n) is 4.12. The fourth-order valence-electron chi connectivity index (χ4n) is 1.18. The average Bonchev–Trinajstić information content (AvgIpc) is 2.33. The highest BCUT2D eigenvalue weighted by molar-refractivity contribution is 5.77. The molecule has 9 nitrogen and oxygen atoms in total. The van der Waals surface area contributed by atoms with Crippen molar-refractivity contribution in [3.63, 3.8) is 0 Å². The summed E-state index contributed by atoms with van der Waals surface area (Å²) in [5.41, 5.74) is -2.76. The normalized spacial score (nSPS) is 23.6. The molecule has 0 fully saturated rings. The maximum atomic E-state index is 10.6. The smallest absolute Gasteiger partial charge is 0.338 e. The summed E-state index contributed by atoms with van der Waals surface area (Å²) in [4.78, 5) is 10.6. The zero-order valence-electron chi connectivity index (χ0n) is 9.58. The molecule has 0 saturated heterocycles. The van der Waals surface area contributed by atoms with Gasteiger partial charge in [-0.2, -0.15) is 0 Å². The highest BCUT2D eigenvalue weighted by Gasteiger charge is 2.46. The fourth-order valence-corrected chi connectivity index (χ4v) is 1.18. The van der Waals surface area contributed by atoms with Crippen LogP contribution in [0, 0.1) is 0 Å². The van der Waals surface area contributed by atoms with Gasteiger partial charge in [0.25, 0.3) is 0 Å². The molecule has 0 aliphatic heterocycles. The standard InChI is InChI=1S/C9H18O9/c1-9(18,8(16)17)7(15)6(14)5(13)4(12)3(11)2-10/h3-7,10-15,18H,2H2,1H3,(H,16,17)/t3-,4+,5+,6+,7?,9?/m0/s1. The lowest BCUT2D eigenvalue weighted by molar-refractivity contribution is -0.196. The zero-order chi connectivity index (χ0) is 14.7. The summed E-state index contributed by atoms with van der Waals surface area (Å²) in [6.45, 7) is -0.235. The maximum absolute atomic E-state index is 10.6. The van der Waals surface area contributed by atoms with Crippen LogP contribution in [-0.4, -0.2) is 89.5 Å². The van der Waals surface area contributed by atoms with Crippen molar-refractivity contribution in [3.8, 4) is 0 Å². The van der Waals surface area contributed by atoms with Crippen molar-refractivity contribution in [1.82, 2.24) is 0 Å². The van der Waals surface area contributed by atoms with E-state index in [0.29, 0.717) is 6.92 Å². The van der Waals surface area contributed by atoms with E-state index in [1.807, 2.05) is 0 Å². The lowest BCUT2D eigenvalue weighted by Gasteiger charge is -2.33. The highest BCUT2D eigenvalue weighted by atomic mass is 16.4. The number of carboxylic acids is 1. The molecule has 8 N–H and O–H groups in total. The van der Waals surface area contributed by atoms with E-state index in [4.69, 9.17) is 15.3 Å². The number of hydrogen-bond donors (Lipinski definition) is 8. The molecule has 9 heteroatoms. The molecule has 108 valence electrons. The average molecular weight is 270 g/mol. The molecular weight excluding hydrogens is 252 g/mol. The summed E-state index contributed by atoms with van der Waals surface area (Å²) in [5.74, 6) is -1.85. The highest BCUT2D eigenvalue weighted by Crippen LogP contribution is 2.18. The van der Waals surface area contributed by atoms with Crippen molar-refractivity contribution < 1.29 is 45.6 Å². The van der Waals surface area contributed by atoms with Gasteiger partial charge in [-0.3, -0.25) is 0 Å². The van der Waals surface area contributed by atoms with Crippen LogP contribution in [0.1, 0.15) is 6.92 Å². The van der Waals surface area contributed by atoms with E-state index in [9.17, 15) is 30.3 Å². The number of rotatable bonds is 7. The van der Waals surface area contributed by atoms with Crippen LogP contribution in [0.4, 0.5) is 0 Å². The predicted octanol–water partition coefficient (Wildman–Crippen LogP) is -4.38. The second-order valence-corrected chi connectivity index (χ2v) is 4.12. The summed E-state index contributed by atoms with van der Waals surface area (Å²) in [5, 5.41) is 72.9. The minimum absolute atomic E-state index is 0.685. The molecule has 0 heterocycles. The minimum Gasteiger partial charge on any atom is -0.479 e. The van der Waals surface area contributed by atoms with Crippen LogP contribution in [-0.2, 0) is 4.79 Å². The monoisotopic (exact) mass is 270 g/mol. The third-order valence-corrected chi connectivity index (χ3v) is 2.61. The first kappa shape index (κ1) is 17.2. The molecule has 0 aromatic heterocycles.